The summed E-state index contributed by atoms with van der Waals surface area (Å²) in [4.78, 5) is 39.1. The standard InChI is InChI=1S/C27H25NO5/c1-2-13-28-17-23-16-27(15-22(23)14-24(28)29,25(30)32-18-20-9-5-3-6-10-20)26(31)33-19-21-11-7-4-8-12-21/h2-12,14,17H,1,13,15-16,18-19H2. The minimum Gasteiger partial charge on any atom is -0.460 e. The molecule has 0 fully saturated rings. The highest BCUT2D eigenvalue weighted by Crippen LogP contribution is 2.39. The van der Waals surface area contributed by atoms with Crippen molar-refractivity contribution in [1.82, 2.24) is 4.57 Å². The van der Waals surface area contributed by atoms with Gasteiger partial charge in [0.05, 0.1) is 0 Å². The quantitative estimate of drug-likeness (QED) is 0.302. The van der Waals surface area contributed by atoms with Crippen LogP contribution >= 0.6 is 0 Å². The number of fused-ring (bicyclic) bond motifs is 1. The maximum atomic E-state index is 13.3. The Labute approximate surface area is 192 Å². The largest absolute Gasteiger partial charge is 0.460 e. The van der Waals surface area contributed by atoms with Crippen molar-refractivity contribution in [3.8, 4) is 0 Å². The van der Waals surface area contributed by atoms with Crippen molar-refractivity contribution in [3.05, 3.63) is 118 Å². The van der Waals surface area contributed by atoms with Crippen LogP contribution in [0.3, 0.4) is 0 Å². The minimum atomic E-state index is -1.54. The number of benzene rings is 2. The van der Waals surface area contributed by atoms with Crippen molar-refractivity contribution in [2.24, 2.45) is 5.41 Å². The lowest BCUT2D eigenvalue weighted by Gasteiger charge is -2.24. The fraction of sp³-hybridized carbons (Fsp3) is 0.222. The molecule has 6 heteroatoms. The van der Waals surface area contributed by atoms with E-state index in [1.54, 1.807) is 12.3 Å². The zero-order chi connectivity index (χ0) is 23.3. The molecule has 168 valence electrons. The van der Waals surface area contributed by atoms with Gasteiger partial charge < -0.3 is 14.0 Å². The molecule has 0 saturated carbocycles. The van der Waals surface area contributed by atoms with Gasteiger partial charge in [0.2, 0.25) is 0 Å². The molecule has 1 heterocycles. The number of hydrogen-bond acceptors (Lipinski definition) is 5. The van der Waals surface area contributed by atoms with Gasteiger partial charge in [-0.25, -0.2) is 0 Å². The van der Waals surface area contributed by atoms with E-state index in [1.165, 1.54) is 10.6 Å². The first kappa shape index (κ1) is 22.3. The molecule has 0 saturated heterocycles. The molecule has 3 aromatic rings. The van der Waals surface area contributed by atoms with Crippen LogP contribution in [0.2, 0.25) is 0 Å². The van der Waals surface area contributed by atoms with Crippen LogP contribution < -0.4 is 5.56 Å². The zero-order valence-electron chi connectivity index (χ0n) is 18.2. The minimum absolute atomic E-state index is 0.0486. The third-order valence-electron chi connectivity index (χ3n) is 5.82. The maximum absolute atomic E-state index is 13.3. The van der Waals surface area contributed by atoms with E-state index in [-0.39, 0.29) is 31.6 Å². The van der Waals surface area contributed by atoms with Gasteiger partial charge in [0, 0.05) is 31.6 Å². The summed E-state index contributed by atoms with van der Waals surface area (Å²) in [5.74, 6) is -1.30. The molecule has 4 rings (SSSR count). The SMILES string of the molecule is C=CCn1cc2c(cc1=O)CC(C(=O)OCc1ccccc1)(C(=O)OCc1ccccc1)C2. The Morgan fingerprint density at radius 2 is 1.39 bits per heavy atom. The molecule has 1 aliphatic rings. The number of aromatic nitrogens is 1. The van der Waals surface area contributed by atoms with E-state index in [1.807, 2.05) is 60.7 Å². The highest BCUT2D eigenvalue weighted by Gasteiger charge is 2.53. The number of carbonyl (C=O) groups excluding carboxylic acids is 2. The van der Waals surface area contributed by atoms with Crippen LogP contribution in [0.4, 0.5) is 0 Å². The van der Waals surface area contributed by atoms with Gasteiger partial charge in [-0.1, -0.05) is 66.7 Å². The lowest BCUT2D eigenvalue weighted by Crippen LogP contribution is -2.42. The number of nitrogens with zero attached hydrogens (tertiary/aromatic N) is 1. The number of rotatable bonds is 8. The summed E-state index contributed by atoms with van der Waals surface area (Å²) in [7, 11) is 0. The number of allylic oxidation sites excluding steroid dienone is 1. The Morgan fingerprint density at radius 1 is 0.879 bits per heavy atom. The number of esters is 2. The highest BCUT2D eigenvalue weighted by molar-refractivity contribution is 6.01. The molecular formula is C27H25NO5. The van der Waals surface area contributed by atoms with Crippen LogP contribution in [0.1, 0.15) is 22.3 Å². The van der Waals surface area contributed by atoms with Gasteiger partial charge in [-0.05, 0) is 22.3 Å². The molecule has 0 spiro atoms. The molecule has 0 aliphatic heterocycles. The first-order valence-electron chi connectivity index (χ1n) is 10.8. The van der Waals surface area contributed by atoms with E-state index < -0.39 is 17.4 Å². The highest BCUT2D eigenvalue weighted by atomic mass is 16.6. The second kappa shape index (κ2) is 9.69. The van der Waals surface area contributed by atoms with Crippen LogP contribution in [0.5, 0.6) is 0 Å². The monoisotopic (exact) mass is 443 g/mol. The molecular weight excluding hydrogens is 418 g/mol. The van der Waals surface area contributed by atoms with Crippen molar-refractivity contribution in [3.63, 3.8) is 0 Å². The van der Waals surface area contributed by atoms with Crippen LogP contribution in [-0.4, -0.2) is 16.5 Å². The van der Waals surface area contributed by atoms with Gasteiger partial charge in [-0.2, -0.15) is 0 Å². The van der Waals surface area contributed by atoms with Crippen LogP contribution in [0.25, 0.3) is 0 Å². The van der Waals surface area contributed by atoms with Gasteiger partial charge in [-0.3, -0.25) is 14.4 Å². The average molecular weight is 443 g/mol. The molecule has 0 amide bonds. The Kier molecular flexibility index (Phi) is 6.54. The summed E-state index contributed by atoms with van der Waals surface area (Å²) < 4.78 is 12.7. The molecule has 0 N–H and O–H groups in total. The Morgan fingerprint density at radius 3 is 1.91 bits per heavy atom. The van der Waals surface area contributed by atoms with E-state index in [4.69, 9.17) is 9.47 Å². The zero-order valence-corrected chi connectivity index (χ0v) is 18.2. The summed E-state index contributed by atoms with van der Waals surface area (Å²) >= 11 is 0. The smallest absolute Gasteiger partial charge is 0.324 e. The van der Waals surface area contributed by atoms with Crippen molar-refractivity contribution >= 4 is 11.9 Å². The summed E-state index contributed by atoms with van der Waals surface area (Å²) in [6.45, 7) is 4.11. The molecule has 2 aromatic carbocycles. The lowest BCUT2D eigenvalue weighted by atomic mass is 9.84. The van der Waals surface area contributed by atoms with E-state index in [0.29, 0.717) is 12.1 Å². The number of pyridine rings is 1. The Balaban J connectivity index is 1.60. The molecule has 0 bridgehead atoms. The van der Waals surface area contributed by atoms with Crippen molar-refractivity contribution in [2.75, 3.05) is 0 Å². The van der Waals surface area contributed by atoms with Gasteiger partial charge in [0.1, 0.15) is 13.2 Å². The normalized spacial score (nSPS) is 13.7. The van der Waals surface area contributed by atoms with Gasteiger partial charge >= 0.3 is 11.9 Å². The summed E-state index contributed by atoms with van der Waals surface area (Å²) in [6.07, 6.45) is 3.49. The molecule has 1 aromatic heterocycles. The third kappa shape index (κ3) is 4.80. The first-order chi connectivity index (χ1) is 16.0. The third-order valence-corrected chi connectivity index (χ3v) is 5.82. The molecule has 1 aliphatic carbocycles. The van der Waals surface area contributed by atoms with Crippen molar-refractivity contribution < 1.29 is 19.1 Å². The summed E-state index contributed by atoms with van der Waals surface area (Å²) in [6, 6.07) is 20.0. The lowest BCUT2D eigenvalue weighted by molar-refractivity contribution is -0.173. The van der Waals surface area contributed by atoms with Gasteiger partial charge in [-0.15, -0.1) is 6.58 Å². The maximum Gasteiger partial charge on any atom is 0.324 e. The fourth-order valence-electron chi connectivity index (χ4n) is 4.07. The average Bonchev–Trinajstić information content (AvgIpc) is 3.22. The number of hydrogen-bond donors (Lipinski definition) is 0. The van der Waals surface area contributed by atoms with E-state index >= 15 is 0 Å². The van der Waals surface area contributed by atoms with Gasteiger partial charge in [0.15, 0.2) is 5.41 Å². The van der Waals surface area contributed by atoms with Crippen LogP contribution in [-0.2, 0) is 51.7 Å². The van der Waals surface area contributed by atoms with Crippen molar-refractivity contribution in [2.45, 2.75) is 32.6 Å². The van der Waals surface area contributed by atoms with E-state index in [0.717, 1.165) is 16.7 Å². The van der Waals surface area contributed by atoms with E-state index in [2.05, 4.69) is 6.58 Å². The fourth-order valence-corrected chi connectivity index (χ4v) is 4.07. The van der Waals surface area contributed by atoms with E-state index in [9.17, 15) is 14.4 Å². The summed E-state index contributed by atoms with van der Waals surface area (Å²) in [5.41, 5.74) is 1.31. The predicted molar refractivity (Wildman–Crippen MR) is 123 cm³/mol. The molecule has 33 heavy (non-hydrogen) atoms. The second-order valence-electron chi connectivity index (χ2n) is 8.16. The van der Waals surface area contributed by atoms with Crippen LogP contribution in [0, 0.1) is 5.41 Å². The van der Waals surface area contributed by atoms with Gasteiger partial charge in [0.25, 0.3) is 5.56 Å². The molecule has 0 radical (unpaired) electrons. The summed E-state index contributed by atoms with van der Waals surface area (Å²) in [5, 5.41) is 0. The van der Waals surface area contributed by atoms with Crippen molar-refractivity contribution in [1.29, 1.82) is 0 Å². The topological polar surface area (TPSA) is 74.6 Å². The second-order valence-corrected chi connectivity index (χ2v) is 8.16. The molecule has 0 unspecified atom stereocenters. The Hall–Kier alpha value is -3.93. The first-order valence-corrected chi connectivity index (χ1v) is 10.8. The predicted octanol–water partition coefficient (Wildman–Crippen LogP) is 3.61. The molecule has 6 nitrogen and oxygen atoms in total. The number of ether oxygens (including phenoxy) is 2. The molecule has 0 atom stereocenters. The Bertz CT molecular complexity index is 1160. The number of carbonyl (C=O) groups is 2. The van der Waals surface area contributed by atoms with Crippen LogP contribution in [0.15, 0.2) is 90.4 Å².